The zero-order valence-corrected chi connectivity index (χ0v) is 11.8. The van der Waals surface area contributed by atoms with Gasteiger partial charge in [-0.15, -0.1) is 0 Å². The molecule has 0 aromatic heterocycles. The zero-order valence-electron chi connectivity index (χ0n) is 11.8. The summed E-state index contributed by atoms with van der Waals surface area (Å²) in [6, 6.07) is 7.67. The third-order valence-electron chi connectivity index (χ3n) is 2.84. The van der Waals surface area contributed by atoms with Crippen molar-refractivity contribution in [3.63, 3.8) is 0 Å². The molecule has 0 saturated carbocycles. The second-order valence-corrected chi connectivity index (χ2v) is 4.35. The molecule has 0 heterocycles. The van der Waals surface area contributed by atoms with Crippen molar-refractivity contribution in [2.24, 2.45) is 0 Å². The smallest absolute Gasteiger partial charge is 0.318 e. The Morgan fingerprint density at radius 3 is 2.89 bits per heavy atom. The first kappa shape index (κ1) is 15.1. The lowest BCUT2D eigenvalue weighted by Gasteiger charge is -2.07. The molecule has 0 bridgehead atoms. The van der Waals surface area contributed by atoms with Gasteiger partial charge in [-0.25, -0.2) is 4.79 Å². The van der Waals surface area contributed by atoms with Gasteiger partial charge in [-0.2, -0.15) is 0 Å². The molecule has 2 N–H and O–H groups in total. The van der Waals surface area contributed by atoms with Crippen LogP contribution in [-0.4, -0.2) is 19.7 Å². The molecule has 0 radical (unpaired) electrons. The van der Waals surface area contributed by atoms with Crippen LogP contribution in [0.2, 0.25) is 0 Å². The van der Waals surface area contributed by atoms with E-state index in [4.69, 9.17) is 4.74 Å². The second kappa shape index (κ2) is 8.19. The molecule has 0 unspecified atom stereocenters. The molecule has 1 rings (SSSR count). The molecule has 0 saturated heterocycles. The summed E-state index contributed by atoms with van der Waals surface area (Å²) in [5.41, 5.74) is 2.28. The normalized spacial score (nSPS) is 11.0. The molecule has 4 nitrogen and oxygen atoms in total. The van der Waals surface area contributed by atoms with Gasteiger partial charge in [-0.1, -0.05) is 24.6 Å². The fraction of sp³-hybridized carbons (Fsp3) is 0.400. The predicted octanol–water partition coefficient (Wildman–Crippen LogP) is 2.85. The summed E-state index contributed by atoms with van der Waals surface area (Å²) < 4.78 is 5.15. The Hall–Kier alpha value is -1.97. The maximum atomic E-state index is 11.5. The number of carbonyl (C=O) groups is 1. The highest BCUT2D eigenvalue weighted by Gasteiger charge is 1.99. The van der Waals surface area contributed by atoms with Crippen LogP contribution in [0, 0.1) is 0 Å². The molecule has 1 aromatic carbocycles. The standard InChI is InChI=1S/C15H22N2O2/c1-4-12(2)11-17-15(18)16-9-8-13-6-5-7-14(10-13)19-3/h5-7,10-11H,4,8-9H2,1-3H3,(H2,16,17,18)/b12-11+. The van der Waals surface area contributed by atoms with Gasteiger partial charge in [0.1, 0.15) is 5.75 Å². The maximum absolute atomic E-state index is 11.5. The number of amides is 2. The Bertz CT molecular complexity index is 442. The number of methoxy groups -OCH3 is 1. The highest BCUT2D eigenvalue weighted by atomic mass is 16.5. The number of allylic oxidation sites excluding steroid dienone is 1. The average molecular weight is 262 g/mol. The first-order valence-electron chi connectivity index (χ1n) is 6.48. The van der Waals surface area contributed by atoms with Crippen LogP contribution in [0.4, 0.5) is 4.79 Å². The summed E-state index contributed by atoms with van der Waals surface area (Å²) in [4.78, 5) is 11.5. The van der Waals surface area contributed by atoms with E-state index < -0.39 is 0 Å². The number of urea groups is 1. The minimum Gasteiger partial charge on any atom is -0.497 e. The SMILES string of the molecule is CC/C(C)=C/NC(=O)NCCc1cccc(OC)c1. The average Bonchev–Trinajstić information content (AvgIpc) is 2.45. The van der Waals surface area contributed by atoms with Crippen LogP contribution in [0.3, 0.4) is 0 Å². The first-order chi connectivity index (χ1) is 9.15. The summed E-state index contributed by atoms with van der Waals surface area (Å²) in [5.74, 6) is 0.837. The predicted molar refractivity (Wildman–Crippen MR) is 77.3 cm³/mol. The van der Waals surface area contributed by atoms with Crippen LogP contribution in [0.1, 0.15) is 25.8 Å². The second-order valence-electron chi connectivity index (χ2n) is 4.35. The summed E-state index contributed by atoms with van der Waals surface area (Å²) in [6.07, 6.45) is 3.45. The molecule has 0 fully saturated rings. The minimum absolute atomic E-state index is 0.171. The van der Waals surface area contributed by atoms with Crippen molar-refractivity contribution in [2.75, 3.05) is 13.7 Å². The molecule has 104 valence electrons. The Balaban J connectivity index is 2.31. The van der Waals surface area contributed by atoms with Gasteiger partial charge in [-0.05, 0) is 37.5 Å². The number of ether oxygens (including phenoxy) is 1. The highest BCUT2D eigenvalue weighted by molar-refractivity contribution is 5.74. The van der Waals surface area contributed by atoms with E-state index in [9.17, 15) is 4.79 Å². The van der Waals surface area contributed by atoms with Gasteiger partial charge in [0, 0.05) is 12.7 Å². The first-order valence-corrected chi connectivity index (χ1v) is 6.48. The molecule has 19 heavy (non-hydrogen) atoms. The molecule has 4 heteroatoms. The molecule has 1 aromatic rings. The van der Waals surface area contributed by atoms with Crippen molar-refractivity contribution >= 4 is 6.03 Å². The van der Waals surface area contributed by atoms with Crippen molar-refractivity contribution in [3.8, 4) is 5.75 Å². The number of nitrogens with one attached hydrogen (secondary N) is 2. The quantitative estimate of drug-likeness (QED) is 0.828. The van der Waals surface area contributed by atoms with Crippen LogP contribution in [0.5, 0.6) is 5.75 Å². The fourth-order valence-corrected chi connectivity index (χ4v) is 1.49. The maximum Gasteiger partial charge on any atom is 0.318 e. The monoisotopic (exact) mass is 262 g/mol. The van der Waals surface area contributed by atoms with E-state index in [-0.39, 0.29) is 6.03 Å². The fourth-order valence-electron chi connectivity index (χ4n) is 1.49. The lowest BCUT2D eigenvalue weighted by molar-refractivity contribution is 0.244. The van der Waals surface area contributed by atoms with Crippen molar-refractivity contribution in [1.29, 1.82) is 0 Å². The number of benzene rings is 1. The number of hydrogen-bond donors (Lipinski definition) is 2. The van der Waals surface area contributed by atoms with Crippen LogP contribution in [-0.2, 0) is 6.42 Å². The van der Waals surface area contributed by atoms with E-state index in [2.05, 4.69) is 10.6 Å². The van der Waals surface area contributed by atoms with E-state index in [0.717, 1.165) is 29.7 Å². The van der Waals surface area contributed by atoms with Crippen molar-refractivity contribution in [1.82, 2.24) is 10.6 Å². The van der Waals surface area contributed by atoms with Crippen molar-refractivity contribution in [2.45, 2.75) is 26.7 Å². The molecule has 0 aliphatic carbocycles. The van der Waals surface area contributed by atoms with Crippen LogP contribution < -0.4 is 15.4 Å². The molecule has 0 atom stereocenters. The Labute approximate surface area is 114 Å². The number of carbonyl (C=O) groups excluding carboxylic acids is 1. The summed E-state index contributed by atoms with van der Waals surface area (Å²) in [7, 11) is 1.65. The third-order valence-corrected chi connectivity index (χ3v) is 2.84. The largest absolute Gasteiger partial charge is 0.497 e. The summed E-state index contributed by atoms with van der Waals surface area (Å²) in [5, 5.41) is 5.52. The number of hydrogen-bond acceptors (Lipinski definition) is 2. The van der Waals surface area contributed by atoms with Gasteiger partial charge >= 0.3 is 6.03 Å². The summed E-state index contributed by atoms with van der Waals surface area (Å²) in [6.45, 7) is 4.63. The van der Waals surface area contributed by atoms with E-state index in [1.165, 1.54) is 0 Å². The zero-order chi connectivity index (χ0) is 14.1. The van der Waals surface area contributed by atoms with Crippen LogP contribution in [0.25, 0.3) is 0 Å². The van der Waals surface area contributed by atoms with Gasteiger partial charge < -0.3 is 15.4 Å². The van der Waals surface area contributed by atoms with Gasteiger partial charge in [0.15, 0.2) is 0 Å². The van der Waals surface area contributed by atoms with Crippen LogP contribution in [0.15, 0.2) is 36.0 Å². The molecule has 0 aliphatic heterocycles. The van der Waals surface area contributed by atoms with E-state index in [1.54, 1.807) is 13.3 Å². The van der Waals surface area contributed by atoms with Gasteiger partial charge in [0.05, 0.1) is 7.11 Å². The minimum atomic E-state index is -0.171. The third kappa shape index (κ3) is 5.95. The Kier molecular flexibility index (Phi) is 6.50. The Morgan fingerprint density at radius 1 is 1.42 bits per heavy atom. The lowest BCUT2D eigenvalue weighted by atomic mass is 10.1. The summed E-state index contributed by atoms with van der Waals surface area (Å²) >= 11 is 0. The number of rotatable bonds is 6. The van der Waals surface area contributed by atoms with Crippen LogP contribution >= 0.6 is 0 Å². The lowest BCUT2D eigenvalue weighted by Crippen LogP contribution is -2.33. The Morgan fingerprint density at radius 2 is 2.21 bits per heavy atom. The van der Waals surface area contributed by atoms with Crippen molar-refractivity contribution < 1.29 is 9.53 Å². The van der Waals surface area contributed by atoms with Crippen molar-refractivity contribution in [3.05, 3.63) is 41.6 Å². The van der Waals surface area contributed by atoms with E-state index in [1.807, 2.05) is 38.1 Å². The van der Waals surface area contributed by atoms with Gasteiger partial charge in [0.2, 0.25) is 0 Å². The molecular weight excluding hydrogens is 240 g/mol. The van der Waals surface area contributed by atoms with Gasteiger partial charge in [0.25, 0.3) is 0 Å². The van der Waals surface area contributed by atoms with E-state index >= 15 is 0 Å². The molecule has 2 amide bonds. The molecule has 0 aliphatic rings. The van der Waals surface area contributed by atoms with Gasteiger partial charge in [-0.3, -0.25) is 0 Å². The topological polar surface area (TPSA) is 50.4 Å². The van der Waals surface area contributed by atoms with E-state index in [0.29, 0.717) is 6.54 Å². The highest BCUT2D eigenvalue weighted by Crippen LogP contribution is 2.12. The molecule has 0 spiro atoms. The molecular formula is C15H22N2O2.